The van der Waals surface area contributed by atoms with Gasteiger partial charge in [-0.3, -0.25) is 0 Å². The quantitative estimate of drug-likeness (QED) is 0.122. The van der Waals surface area contributed by atoms with Gasteiger partial charge in [-0.1, -0.05) is 66.7 Å². The van der Waals surface area contributed by atoms with E-state index in [0.717, 1.165) is 65.4 Å². The fourth-order valence-electron chi connectivity index (χ4n) is 5.25. The number of pyridine rings is 1. The number of aliphatic hydroxyl groups is 1. The van der Waals surface area contributed by atoms with Gasteiger partial charge in [-0.25, -0.2) is 4.98 Å². The zero-order chi connectivity index (χ0) is 28.2. The van der Waals surface area contributed by atoms with E-state index in [2.05, 4.69) is 101 Å². The van der Waals surface area contributed by atoms with E-state index in [1.165, 1.54) is 14.7 Å². The van der Waals surface area contributed by atoms with Crippen LogP contribution in [0.5, 0.6) is 0 Å². The van der Waals surface area contributed by atoms with Crippen LogP contribution in [-0.4, -0.2) is 22.1 Å². The molecule has 5 heteroatoms. The van der Waals surface area contributed by atoms with E-state index in [-0.39, 0.29) is 5.41 Å². The molecule has 0 amide bonds. The first kappa shape index (κ1) is 29.0. The molecular formula is C35H36INO2S. The minimum atomic E-state index is -0.874. The maximum Gasteiger partial charge on any atom is 0.120 e. The fourth-order valence-corrected chi connectivity index (χ4v) is 7.31. The summed E-state index contributed by atoms with van der Waals surface area (Å²) in [6.45, 7) is 3.71. The third-order valence-corrected chi connectivity index (χ3v) is 10.2. The third kappa shape index (κ3) is 7.42. The molecule has 0 aliphatic heterocycles. The van der Waals surface area contributed by atoms with Crippen LogP contribution in [-0.2, 0) is 16.8 Å². The minimum absolute atomic E-state index is 0.187. The number of nitrogens with zero attached hydrogens (tertiary/aromatic N) is 1. The van der Waals surface area contributed by atoms with Crippen LogP contribution in [0.3, 0.4) is 0 Å². The maximum atomic E-state index is 11.3. The van der Waals surface area contributed by atoms with Gasteiger partial charge in [0.15, 0.2) is 0 Å². The number of halogens is 1. The van der Waals surface area contributed by atoms with E-state index < -0.39 is 5.60 Å². The van der Waals surface area contributed by atoms with Gasteiger partial charge in [-0.15, -0.1) is 0 Å². The van der Waals surface area contributed by atoms with Crippen LogP contribution in [0.25, 0.3) is 23.1 Å². The highest BCUT2D eigenvalue weighted by atomic mass is 127. The Kier molecular flexibility index (Phi) is 9.13. The number of hydrogen-bond donors (Lipinski definition) is 1. The normalized spacial score (nSPS) is 15.4. The van der Waals surface area contributed by atoms with Crippen molar-refractivity contribution in [3.8, 4) is 0 Å². The summed E-state index contributed by atoms with van der Waals surface area (Å²) in [6.07, 6.45) is 10.1. The Morgan fingerprint density at radius 1 is 1.02 bits per heavy atom. The van der Waals surface area contributed by atoms with Crippen molar-refractivity contribution in [2.45, 2.75) is 56.8 Å². The van der Waals surface area contributed by atoms with Crippen LogP contribution in [0.1, 0.15) is 72.7 Å². The summed E-state index contributed by atoms with van der Waals surface area (Å²) in [5.74, 6) is 1.00. The second-order valence-corrected chi connectivity index (χ2v) is 13.9. The molecular weight excluding hydrogens is 625 g/mol. The van der Waals surface area contributed by atoms with Gasteiger partial charge in [0.25, 0.3) is 0 Å². The average molecular weight is 662 g/mol. The monoisotopic (exact) mass is 661 g/mol. The van der Waals surface area contributed by atoms with Crippen LogP contribution in [0, 0.1) is 8.99 Å². The third-order valence-electron chi connectivity index (χ3n) is 7.82. The molecule has 1 fully saturated rings. The van der Waals surface area contributed by atoms with Crippen LogP contribution in [0.2, 0.25) is 0 Å². The van der Waals surface area contributed by atoms with E-state index in [4.69, 9.17) is 4.98 Å². The lowest BCUT2D eigenvalue weighted by Crippen LogP contribution is -2.18. The standard InChI is InChI=1S/C35H36INO2S/c1-34(2,39)31-9-4-3-7-26(31)13-17-33(40-24-35(18-19-35)20-21-38)28-8-5-6-25(22-28)10-15-30-16-12-27-11-14-29(36)23-32(27)37-30/h3-12,14-16,21-23,33,39H,13,17-20,24H2,1-2H3/b15-10+/t33-/m1/s1. The SMILES string of the molecule is CC(C)(O)c1ccccc1CC[C@@H](SCC1(CC=O)CC1)c1cccc(/C=C/c2ccc3ccc(I)cc3n2)c1. The first-order valence-corrected chi connectivity index (χ1v) is 16.1. The highest BCUT2D eigenvalue weighted by Crippen LogP contribution is 2.53. The predicted octanol–water partition coefficient (Wildman–Crippen LogP) is 9.01. The van der Waals surface area contributed by atoms with Gasteiger partial charge >= 0.3 is 0 Å². The molecule has 1 N–H and O–H groups in total. The minimum Gasteiger partial charge on any atom is -0.386 e. The molecule has 0 bridgehead atoms. The van der Waals surface area contributed by atoms with Crippen molar-refractivity contribution in [3.05, 3.63) is 110 Å². The molecule has 4 aromatic rings. The summed E-state index contributed by atoms with van der Waals surface area (Å²) in [5, 5.41) is 12.2. The fraction of sp³-hybridized carbons (Fsp3) is 0.314. The van der Waals surface area contributed by atoms with Crippen LogP contribution < -0.4 is 0 Å². The summed E-state index contributed by atoms with van der Waals surface area (Å²) in [7, 11) is 0. The molecule has 3 aromatic carbocycles. The summed E-state index contributed by atoms with van der Waals surface area (Å²) in [6, 6.07) is 27.6. The number of aryl methyl sites for hydroxylation is 1. The maximum absolute atomic E-state index is 11.3. The van der Waals surface area contributed by atoms with E-state index in [0.29, 0.717) is 11.7 Å². The van der Waals surface area contributed by atoms with Crippen molar-refractivity contribution in [3.63, 3.8) is 0 Å². The number of rotatable bonds is 12. The highest BCUT2D eigenvalue weighted by Gasteiger charge is 2.42. The Morgan fingerprint density at radius 3 is 2.60 bits per heavy atom. The number of carbonyl (C=O) groups excluding carboxylic acids is 1. The molecule has 0 unspecified atom stereocenters. The lowest BCUT2D eigenvalue weighted by atomic mass is 9.90. The molecule has 1 aliphatic rings. The van der Waals surface area contributed by atoms with Crippen molar-refractivity contribution >= 4 is 63.7 Å². The van der Waals surface area contributed by atoms with Crippen molar-refractivity contribution in [1.29, 1.82) is 0 Å². The number of fused-ring (bicyclic) bond motifs is 1. The van der Waals surface area contributed by atoms with Gasteiger partial charge in [-0.05, 0) is 120 Å². The Labute approximate surface area is 255 Å². The second-order valence-electron chi connectivity index (χ2n) is 11.5. The molecule has 206 valence electrons. The summed E-state index contributed by atoms with van der Waals surface area (Å²) in [4.78, 5) is 16.1. The molecule has 1 saturated carbocycles. The number of hydrogen-bond acceptors (Lipinski definition) is 4. The predicted molar refractivity (Wildman–Crippen MR) is 177 cm³/mol. The summed E-state index contributed by atoms with van der Waals surface area (Å²) < 4.78 is 1.18. The topological polar surface area (TPSA) is 50.2 Å². The Hall–Kier alpha value is -2.48. The lowest BCUT2D eigenvalue weighted by Gasteiger charge is -2.24. The van der Waals surface area contributed by atoms with Gasteiger partial charge in [0.2, 0.25) is 0 Å². The van der Waals surface area contributed by atoms with Crippen LogP contribution in [0.15, 0.2) is 78.9 Å². The van der Waals surface area contributed by atoms with Gasteiger partial charge in [0, 0.05) is 20.6 Å². The van der Waals surface area contributed by atoms with Crippen molar-refractivity contribution in [2.75, 3.05) is 5.75 Å². The zero-order valence-corrected chi connectivity index (χ0v) is 26.1. The molecule has 0 saturated heterocycles. The smallest absolute Gasteiger partial charge is 0.120 e. The van der Waals surface area contributed by atoms with Crippen molar-refractivity contribution in [2.24, 2.45) is 5.41 Å². The van der Waals surface area contributed by atoms with Crippen molar-refractivity contribution in [1.82, 2.24) is 4.98 Å². The molecule has 1 aromatic heterocycles. The highest BCUT2D eigenvalue weighted by molar-refractivity contribution is 14.1. The van der Waals surface area contributed by atoms with E-state index in [9.17, 15) is 9.90 Å². The molecule has 0 spiro atoms. The second kappa shape index (κ2) is 12.6. The first-order chi connectivity index (χ1) is 19.2. The number of thioether (sulfide) groups is 1. The number of aldehydes is 1. The van der Waals surface area contributed by atoms with Gasteiger partial charge in [-0.2, -0.15) is 11.8 Å². The molecule has 1 aliphatic carbocycles. The number of aromatic nitrogens is 1. The number of benzene rings is 3. The molecule has 1 heterocycles. The number of carbonyl (C=O) groups is 1. The Balaban J connectivity index is 1.37. The summed E-state index contributed by atoms with van der Waals surface area (Å²) >= 11 is 4.31. The van der Waals surface area contributed by atoms with Gasteiger partial charge in [0.05, 0.1) is 16.8 Å². The molecule has 0 radical (unpaired) electrons. The molecule has 1 atom stereocenters. The summed E-state index contributed by atoms with van der Waals surface area (Å²) in [5.41, 5.74) is 5.91. The molecule has 5 rings (SSSR count). The Bertz CT molecular complexity index is 1520. The Morgan fingerprint density at radius 2 is 1.82 bits per heavy atom. The van der Waals surface area contributed by atoms with Crippen LogP contribution in [0.4, 0.5) is 0 Å². The van der Waals surface area contributed by atoms with E-state index in [1.54, 1.807) is 0 Å². The molecule has 3 nitrogen and oxygen atoms in total. The largest absolute Gasteiger partial charge is 0.386 e. The van der Waals surface area contributed by atoms with Gasteiger partial charge < -0.3 is 9.90 Å². The lowest BCUT2D eigenvalue weighted by molar-refractivity contribution is -0.108. The van der Waals surface area contributed by atoms with Gasteiger partial charge in [0.1, 0.15) is 6.29 Å². The van der Waals surface area contributed by atoms with Crippen molar-refractivity contribution < 1.29 is 9.90 Å². The molecule has 40 heavy (non-hydrogen) atoms. The van der Waals surface area contributed by atoms with E-state index >= 15 is 0 Å². The average Bonchev–Trinajstić information content (AvgIpc) is 3.71. The first-order valence-electron chi connectivity index (χ1n) is 14.0. The van der Waals surface area contributed by atoms with E-state index in [1.807, 2.05) is 37.7 Å². The zero-order valence-electron chi connectivity index (χ0n) is 23.1. The van der Waals surface area contributed by atoms with Crippen LogP contribution >= 0.6 is 34.4 Å².